The van der Waals surface area contributed by atoms with E-state index in [9.17, 15) is 15.2 Å². The lowest BCUT2D eigenvalue weighted by Gasteiger charge is -2.26. The second-order valence-corrected chi connectivity index (χ2v) is 4.68. The van der Waals surface area contributed by atoms with Crippen molar-refractivity contribution in [1.82, 2.24) is 5.32 Å². The molecule has 0 aliphatic heterocycles. The van der Waals surface area contributed by atoms with Crippen molar-refractivity contribution in [2.45, 2.75) is 39.0 Å². The minimum absolute atomic E-state index is 0.0835. The molecule has 1 atom stereocenters. The molecule has 5 heteroatoms. The molecule has 0 heterocycles. The number of benzene rings is 1. The van der Waals surface area contributed by atoms with Crippen LogP contribution in [0.4, 0.5) is 5.69 Å². The Balaban J connectivity index is 2.64. The third-order valence-electron chi connectivity index (χ3n) is 2.79. The highest BCUT2D eigenvalue weighted by Gasteiger charge is 2.21. The van der Waals surface area contributed by atoms with Crippen LogP contribution in [0.2, 0.25) is 0 Å². The Hall–Kier alpha value is -1.46. The minimum Gasteiger partial charge on any atom is -0.389 e. The molecule has 0 saturated carbocycles. The summed E-state index contributed by atoms with van der Waals surface area (Å²) in [7, 11) is 0. The predicted octanol–water partition coefficient (Wildman–Crippen LogP) is 1.84. The maximum absolute atomic E-state index is 10.6. The number of nitro benzene ring substituents is 1. The van der Waals surface area contributed by atoms with E-state index in [1.807, 2.05) is 13.0 Å². The SMILES string of the molecule is CC(NCc1cccc([N+](=O)[O-])c1)C(C)(C)O. The van der Waals surface area contributed by atoms with Crippen LogP contribution in [0.5, 0.6) is 0 Å². The van der Waals surface area contributed by atoms with Crippen LogP contribution in [-0.4, -0.2) is 21.7 Å². The predicted molar refractivity (Wildman–Crippen MR) is 65.7 cm³/mol. The van der Waals surface area contributed by atoms with Crippen LogP contribution in [-0.2, 0) is 6.54 Å². The number of nitrogens with zero attached hydrogens (tertiary/aromatic N) is 1. The Bertz CT molecular complexity index is 399. The quantitative estimate of drug-likeness (QED) is 0.606. The van der Waals surface area contributed by atoms with E-state index in [0.29, 0.717) is 6.54 Å². The summed E-state index contributed by atoms with van der Waals surface area (Å²) in [6.07, 6.45) is 0. The zero-order valence-electron chi connectivity index (χ0n) is 10.3. The van der Waals surface area contributed by atoms with E-state index in [0.717, 1.165) is 5.56 Å². The smallest absolute Gasteiger partial charge is 0.269 e. The van der Waals surface area contributed by atoms with Crippen LogP contribution >= 0.6 is 0 Å². The van der Waals surface area contributed by atoms with Crippen LogP contribution in [0.3, 0.4) is 0 Å². The molecule has 0 radical (unpaired) electrons. The lowest BCUT2D eigenvalue weighted by Crippen LogP contribution is -2.44. The maximum atomic E-state index is 10.6. The average molecular weight is 238 g/mol. The lowest BCUT2D eigenvalue weighted by molar-refractivity contribution is -0.384. The molecule has 17 heavy (non-hydrogen) atoms. The van der Waals surface area contributed by atoms with E-state index in [1.54, 1.807) is 19.9 Å². The number of hydrogen-bond acceptors (Lipinski definition) is 4. The highest BCUT2D eigenvalue weighted by molar-refractivity contribution is 5.34. The van der Waals surface area contributed by atoms with Crippen LogP contribution in [0.15, 0.2) is 24.3 Å². The Morgan fingerprint density at radius 2 is 2.18 bits per heavy atom. The van der Waals surface area contributed by atoms with Crippen molar-refractivity contribution in [3.8, 4) is 0 Å². The number of nitro groups is 1. The van der Waals surface area contributed by atoms with Gasteiger partial charge in [-0.1, -0.05) is 12.1 Å². The lowest BCUT2D eigenvalue weighted by atomic mass is 10.0. The molecular formula is C12H18N2O3. The van der Waals surface area contributed by atoms with Crippen LogP contribution in [0, 0.1) is 10.1 Å². The molecule has 0 saturated heterocycles. The van der Waals surface area contributed by atoms with Crippen molar-refractivity contribution < 1.29 is 10.0 Å². The summed E-state index contributed by atoms with van der Waals surface area (Å²) in [6, 6.07) is 6.37. The van der Waals surface area contributed by atoms with Gasteiger partial charge < -0.3 is 10.4 Å². The molecule has 0 amide bonds. The van der Waals surface area contributed by atoms with Crippen molar-refractivity contribution in [3.05, 3.63) is 39.9 Å². The van der Waals surface area contributed by atoms with Gasteiger partial charge in [0.1, 0.15) is 0 Å². The van der Waals surface area contributed by atoms with Crippen molar-refractivity contribution in [2.24, 2.45) is 0 Å². The highest BCUT2D eigenvalue weighted by Crippen LogP contribution is 2.14. The minimum atomic E-state index is -0.819. The van der Waals surface area contributed by atoms with Crippen molar-refractivity contribution in [2.75, 3.05) is 0 Å². The van der Waals surface area contributed by atoms with E-state index in [-0.39, 0.29) is 11.7 Å². The molecular weight excluding hydrogens is 220 g/mol. The first kappa shape index (κ1) is 13.6. The molecule has 5 nitrogen and oxygen atoms in total. The van der Waals surface area contributed by atoms with Crippen molar-refractivity contribution in [1.29, 1.82) is 0 Å². The Kier molecular flexibility index (Phi) is 4.20. The van der Waals surface area contributed by atoms with Crippen LogP contribution < -0.4 is 5.32 Å². The Morgan fingerprint density at radius 1 is 1.53 bits per heavy atom. The molecule has 0 aliphatic rings. The second-order valence-electron chi connectivity index (χ2n) is 4.68. The van der Waals surface area contributed by atoms with Crippen LogP contribution in [0.25, 0.3) is 0 Å². The fraction of sp³-hybridized carbons (Fsp3) is 0.500. The van der Waals surface area contributed by atoms with E-state index < -0.39 is 10.5 Å². The number of rotatable bonds is 5. The summed E-state index contributed by atoms with van der Waals surface area (Å²) in [5.74, 6) is 0. The molecule has 1 rings (SSSR count). The molecule has 0 spiro atoms. The third-order valence-corrected chi connectivity index (χ3v) is 2.79. The van der Waals surface area contributed by atoms with E-state index >= 15 is 0 Å². The molecule has 1 aromatic rings. The van der Waals surface area contributed by atoms with Crippen molar-refractivity contribution >= 4 is 5.69 Å². The van der Waals surface area contributed by atoms with Gasteiger partial charge in [-0.25, -0.2) is 0 Å². The van der Waals surface area contributed by atoms with Gasteiger partial charge in [0.15, 0.2) is 0 Å². The number of aliphatic hydroxyl groups is 1. The molecule has 1 unspecified atom stereocenters. The largest absolute Gasteiger partial charge is 0.389 e. The first-order valence-electron chi connectivity index (χ1n) is 5.50. The number of nitrogens with one attached hydrogen (secondary N) is 1. The van der Waals surface area contributed by atoms with E-state index in [1.165, 1.54) is 12.1 Å². The van der Waals surface area contributed by atoms with Crippen molar-refractivity contribution in [3.63, 3.8) is 0 Å². The van der Waals surface area contributed by atoms with Crippen LogP contribution in [0.1, 0.15) is 26.3 Å². The summed E-state index contributed by atoms with van der Waals surface area (Å²) in [5, 5.41) is 23.5. The number of hydrogen-bond donors (Lipinski definition) is 2. The molecule has 0 fully saturated rings. The summed E-state index contributed by atoms with van der Waals surface area (Å²) in [6.45, 7) is 5.81. The van der Waals surface area contributed by atoms with Gasteiger partial charge in [-0.3, -0.25) is 10.1 Å². The van der Waals surface area contributed by atoms with Gasteiger partial charge in [-0.15, -0.1) is 0 Å². The molecule has 0 aliphatic carbocycles. The molecule has 94 valence electrons. The zero-order valence-corrected chi connectivity index (χ0v) is 10.3. The van der Waals surface area contributed by atoms with Gasteiger partial charge in [0.2, 0.25) is 0 Å². The maximum Gasteiger partial charge on any atom is 0.269 e. The van der Waals surface area contributed by atoms with Gasteiger partial charge >= 0.3 is 0 Å². The second kappa shape index (κ2) is 5.25. The summed E-state index contributed by atoms with van der Waals surface area (Å²) >= 11 is 0. The first-order chi connectivity index (χ1) is 7.80. The van der Waals surface area contributed by atoms with Gasteiger partial charge in [0, 0.05) is 24.7 Å². The fourth-order valence-corrected chi connectivity index (χ4v) is 1.30. The standard InChI is InChI=1S/C12H18N2O3/c1-9(12(2,3)15)13-8-10-5-4-6-11(7-10)14(16)17/h4-7,9,13,15H,8H2,1-3H3. The Labute approximate surface area is 101 Å². The Morgan fingerprint density at radius 3 is 2.71 bits per heavy atom. The molecule has 1 aromatic carbocycles. The zero-order chi connectivity index (χ0) is 13.1. The average Bonchev–Trinajstić information content (AvgIpc) is 2.25. The third kappa shape index (κ3) is 4.13. The van der Waals surface area contributed by atoms with E-state index in [4.69, 9.17) is 0 Å². The topological polar surface area (TPSA) is 75.4 Å². The summed E-state index contributed by atoms with van der Waals surface area (Å²) < 4.78 is 0. The van der Waals surface area contributed by atoms with Gasteiger partial charge in [-0.2, -0.15) is 0 Å². The van der Waals surface area contributed by atoms with Gasteiger partial charge in [-0.05, 0) is 26.3 Å². The summed E-state index contributed by atoms with van der Waals surface area (Å²) in [5.41, 5.74) is 0.0938. The highest BCUT2D eigenvalue weighted by atomic mass is 16.6. The van der Waals surface area contributed by atoms with E-state index in [2.05, 4.69) is 5.32 Å². The first-order valence-corrected chi connectivity index (χ1v) is 5.50. The molecule has 0 aromatic heterocycles. The summed E-state index contributed by atoms with van der Waals surface area (Å²) in [4.78, 5) is 10.2. The van der Waals surface area contributed by atoms with Gasteiger partial charge in [0.05, 0.1) is 10.5 Å². The molecule has 2 N–H and O–H groups in total. The number of non-ortho nitro benzene ring substituents is 1. The monoisotopic (exact) mass is 238 g/mol. The normalized spacial score (nSPS) is 13.4. The fourth-order valence-electron chi connectivity index (χ4n) is 1.30. The molecule has 0 bridgehead atoms. The van der Waals surface area contributed by atoms with Gasteiger partial charge in [0.25, 0.3) is 5.69 Å².